The molecule has 0 spiro atoms. The van der Waals surface area contributed by atoms with Crippen molar-refractivity contribution in [2.45, 2.75) is 39.2 Å². The molecule has 0 aliphatic carbocycles. The highest BCUT2D eigenvalue weighted by molar-refractivity contribution is 6.31. The molecule has 1 saturated heterocycles. The van der Waals surface area contributed by atoms with E-state index in [1.807, 2.05) is 18.7 Å². The predicted molar refractivity (Wildman–Crippen MR) is 89.2 cm³/mol. The molecule has 3 rings (SSSR count). The molecule has 0 radical (unpaired) electrons. The van der Waals surface area contributed by atoms with Crippen LogP contribution in [0.2, 0.25) is 5.02 Å². The first-order chi connectivity index (χ1) is 11.5. The number of likely N-dealkylation sites (tertiary alicyclic amines) is 1. The molecule has 0 N–H and O–H groups in total. The number of rotatable bonds is 4. The SMILES string of the molecule is Cc1noc(C)c1CC(=O)N1CCC[C@@H](Oc2ccncc2Cl)C1. The van der Waals surface area contributed by atoms with E-state index in [0.29, 0.717) is 29.5 Å². The molecule has 0 saturated carbocycles. The van der Waals surface area contributed by atoms with Gasteiger partial charge in [0.25, 0.3) is 0 Å². The number of ether oxygens (including phenoxy) is 1. The van der Waals surface area contributed by atoms with E-state index in [0.717, 1.165) is 30.6 Å². The summed E-state index contributed by atoms with van der Waals surface area (Å²) < 4.78 is 11.1. The van der Waals surface area contributed by atoms with E-state index < -0.39 is 0 Å². The molecule has 1 amide bonds. The van der Waals surface area contributed by atoms with Crippen molar-refractivity contribution in [3.8, 4) is 5.75 Å². The summed E-state index contributed by atoms with van der Waals surface area (Å²) in [5.41, 5.74) is 1.65. The van der Waals surface area contributed by atoms with Crippen LogP contribution in [0.1, 0.15) is 29.9 Å². The molecule has 7 heteroatoms. The van der Waals surface area contributed by atoms with Gasteiger partial charge in [0.15, 0.2) is 0 Å². The zero-order valence-electron chi connectivity index (χ0n) is 13.8. The summed E-state index contributed by atoms with van der Waals surface area (Å²) in [6, 6.07) is 1.74. The Morgan fingerprint density at radius 2 is 2.33 bits per heavy atom. The Balaban J connectivity index is 1.63. The highest BCUT2D eigenvalue weighted by Crippen LogP contribution is 2.26. The number of hydrogen-bond donors (Lipinski definition) is 0. The van der Waals surface area contributed by atoms with Gasteiger partial charge in [0.05, 0.1) is 18.7 Å². The Kier molecular flexibility index (Phi) is 5.04. The Morgan fingerprint density at radius 1 is 1.50 bits per heavy atom. The topological polar surface area (TPSA) is 68.5 Å². The van der Waals surface area contributed by atoms with E-state index in [9.17, 15) is 4.79 Å². The zero-order valence-corrected chi connectivity index (χ0v) is 14.5. The summed E-state index contributed by atoms with van der Waals surface area (Å²) in [5, 5.41) is 4.39. The van der Waals surface area contributed by atoms with Crippen LogP contribution >= 0.6 is 11.6 Å². The van der Waals surface area contributed by atoms with Crippen LogP contribution in [0.3, 0.4) is 0 Å². The fraction of sp³-hybridized carbons (Fsp3) is 0.471. The molecule has 24 heavy (non-hydrogen) atoms. The van der Waals surface area contributed by atoms with Gasteiger partial charge in [-0.15, -0.1) is 0 Å². The van der Waals surface area contributed by atoms with Crippen LogP contribution in [-0.4, -0.2) is 40.1 Å². The van der Waals surface area contributed by atoms with Crippen molar-refractivity contribution in [3.63, 3.8) is 0 Å². The van der Waals surface area contributed by atoms with Gasteiger partial charge in [-0.1, -0.05) is 16.8 Å². The first-order valence-corrected chi connectivity index (χ1v) is 8.38. The van der Waals surface area contributed by atoms with Gasteiger partial charge in [0, 0.05) is 30.6 Å². The third-order valence-electron chi connectivity index (χ3n) is 4.27. The molecular weight excluding hydrogens is 330 g/mol. The van der Waals surface area contributed by atoms with Gasteiger partial charge in [0.1, 0.15) is 22.6 Å². The molecule has 2 aromatic heterocycles. The molecular formula is C17H20ClN3O3. The Morgan fingerprint density at radius 3 is 3.04 bits per heavy atom. The van der Waals surface area contributed by atoms with Gasteiger partial charge in [0.2, 0.25) is 5.91 Å². The molecule has 3 heterocycles. The normalized spacial score (nSPS) is 17.8. The first-order valence-electron chi connectivity index (χ1n) is 8.00. The molecule has 0 unspecified atom stereocenters. The van der Waals surface area contributed by atoms with Gasteiger partial charge < -0.3 is 14.2 Å². The zero-order chi connectivity index (χ0) is 17.1. The lowest BCUT2D eigenvalue weighted by atomic mass is 10.1. The summed E-state index contributed by atoms with van der Waals surface area (Å²) in [5.74, 6) is 1.38. The minimum atomic E-state index is -0.0627. The predicted octanol–water partition coefficient (Wildman–Crippen LogP) is 2.95. The van der Waals surface area contributed by atoms with Crippen molar-refractivity contribution in [3.05, 3.63) is 40.5 Å². The summed E-state index contributed by atoms with van der Waals surface area (Å²) in [6.45, 7) is 4.98. The van der Waals surface area contributed by atoms with Gasteiger partial charge in [-0.05, 0) is 26.7 Å². The average Bonchev–Trinajstić information content (AvgIpc) is 2.89. The van der Waals surface area contributed by atoms with Crippen molar-refractivity contribution in [2.24, 2.45) is 0 Å². The number of carbonyl (C=O) groups is 1. The Hall–Kier alpha value is -2.08. The monoisotopic (exact) mass is 349 g/mol. The maximum absolute atomic E-state index is 12.6. The molecule has 0 aromatic carbocycles. The lowest BCUT2D eigenvalue weighted by Crippen LogP contribution is -2.45. The van der Waals surface area contributed by atoms with E-state index in [2.05, 4.69) is 10.1 Å². The lowest BCUT2D eigenvalue weighted by molar-refractivity contribution is -0.133. The largest absolute Gasteiger partial charge is 0.487 e. The molecule has 1 fully saturated rings. The van der Waals surface area contributed by atoms with E-state index in [1.54, 1.807) is 18.5 Å². The number of carbonyl (C=O) groups excluding carboxylic acids is 1. The number of piperidine rings is 1. The fourth-order valence-corrected chi connectivity index (χ4v) is 3.08. The van der Waals surface area contributed by atoms with E-state index in [4.69, 9.17) is 20.9 Å². The molecule has 128 valence electrons. The van der Waals surface area contributed by atoms with Crippen LogP contribution in [0.15, 0.2) is 23.0 Å². The molecule has 1 aliphatic rings. The number of pyridine rings is 1. The fourth-order valence-electron chi connectivity index (χ4n) is 2.92. The lowest BCUT2D eigenvalue weighted by Gasteiger charge is -2.33. The van der Waals surface area contributed by atoms with Crippen LogP contribution in [0.5, 0.6) is 5.75 Å². The Bertz CT molecular complexity index is 712. The summed E-state index contributed by atoms with van der Waals surface area (Å²) in [6.07, 6.45) is 5.25. The molecule has 1 atom stereocenters. The van der Waals surface area contributed by atoms with E-state index in [-0.39, 0.29) is 12.0 Å². The number of aryl methyl sites for hydroxylation is 2. The number of hydrogen-bond acceptors (Lipinski definition) is 5. The van der Waals surface area contributed by atoms with Crippen molar-refractivity contribution < 1.29 is 14.1 Å². The maximum Gasteiger partial charge on any atom is 0.227 e. The first kappa shape index (κ1) is 16.8. The number of nitrogens with zero attached hydrogens (tertiary/aromatic N) is 3. The minimum absolute atomic E-state index is 0.0627. The number of halogens is 1. The standard InChI is InChI=1S/C17H20ClN3O3/c1-11-14(12(2)24-20-11)8-17(22)21-7-3-4-13(10-21)23-16-5-6-19-9-15(16)18/h5-6,9,13H,3-4,7-8,10H2,1-2H3/t13-/m1/s1. The summed E-state index contributed by atoms with van der Waals surface area (Å²) >= 11 is 6.09. The second kappa shape index (κ2) is 7.21. The molecule has 1 aliphatic heterocycles. The molecule has 0 bridgehead atoms. The highest BCUT2D eigenvalue weighted by atomic mass is 35.5. The van der Waals surface area contributed by atoms with Gasteiger partial charge >= 0.3 is 0 Å². The smallest absolute Gasteiger partial charge is 0.227 e. The molecule has 6 nitrogen and oxygen atoms in total. The van der Waals surface area contributed by atoms with Crippen LogP contribution < -0.4 is 4.74 Å². The second-order valence-corrected chi connectivity index (χ2v) is 6.41. The quantitative estimate of drug-likeness (QED) is 0.848. The third kappa shape index (κ3) is 3.70. The van der Waals surface area contributed by atoms with Crippen LogP contribution in [0, 0.1) is 13.8 Å². The van der Waals surface area contributed by atoms with Crippen molar-refractivity contribution in [1.82, 2.24) is 15.0 Å². The van der Waals surface area contributed by atoms with Crippen LogP contribution in [0.4, 0.5) is 0 Å². The van der Waals surface area contributed by atoms with E-state index in [1.165, 1.54) is 0 Å². The minimum Gasteiger partial charge on any atom is -0.487 e. The van der Waals surface area contributed by atoms with E-state index >= 15 is 0 Å². The van der Waals surface area contributed by atoms with Gasteiger partial charge in [-0.25, -0.2) is 0 Å². The van der Waals surface area contributed by atoms with Crippen molar-refractivity contribution >= 4 is 17.5 Å². The van der Waals surface area contributed by atoms with Crippen LogP contribution in [0.25, 0.3) is 0 Å². The van der Waals surface area contributed by atoms with Crippen molar-refractivity contribution in [1.29, 1.82) is 0 Å². The second-order valence-electron chi connectivity index (χ2n) is 6.01. The van der Waals surface area contributed by atoms with Gasteiger partial charge in [-0.2, -0.15) is 0 Å². The highest BCUT2D eigenvalue weighted by Gasteiger charge is 2.26. The van der Waals surface area contributed by atoms with Crippen LogP contribution in [-0.2, 0) is 11.2 Å². The maximum atomic E-state index is 12.6. The summed E-state index contributed by atoms with van der Waals surface area (Å²) in [4.78, 5) is 18.4. The average molecular weight is 350 g/mol. The number of aromatic nitrogens is 2. The Labute approximate surface area is 145 Å². The third-order valence-corrected chi connectivity index (χ3v) is 4.55. The van der Waals surface area contributed by atoms with Gasteiger partial charge in [-0.3, -0.25) is 9.78 Å². The number of amides is 1. The summed E-state index contributed by atoms with van der Waals surface area (Å²) in [7, 11) is 0. The molecule has 2 aromatic rings. The van der Waals surface area contributed by atoms with Crippen molar-refractivity contribution in [2.75, 3.05) is 13.1 Å².